The van der Waals surface area contributed by atoms with Crippen molar-refractivity contribution >= 4 is 11.9 Å². The molecule has 5 fully saturated rings. The highest BCUT2D eigenvalue weighted by Crippen LogP contribution is 2.68. The lowest BCUT2D eigenvalue weighted by Crippen LogP contribution is -2.70. The van der Waals surface area contributed by atoms with E-state index in [0.717, 1.165) is 12.0 Å². The number of rotatable bonds is 5. The first-order valence-electron chi connectivity index (χ1n) is 15.5. The third-order valence-corrected chi connectivity index (χ3v) is 12.1. The number of methoxy groups -OCH3 is 1. The molecule has 0 bridgehead atoms. The van der Waals surface area contributed by atoms with Crippen LogP contribution in [0.15, 0.2) is 11.6 Å². The number of hydrogen-bond acceptors (Lipinski definition) is 11. The Balaban J connectivity index is 1.24. The smallest absolute Gasteiger partial charge is 0.331 e. The quantitative estimate of drug-likeness (QED) is 0.269. The zero-order valence-electron chi connectivity index (χ0n) is 24.9. The standard InChI is InChI=1S/C31H46O11/c1-15-25(34)27(38-4)26(35)28(40-15)42-19-12-18-5-6-21-22(31(18,37)23(13-19)41-16(2)32)7-9-29(3)20(8-10-30(21,29)36)17-11-24(33)39-14-17/h11,15,18-23,25-28,34-37H,5-10,12-14H2,1-4H3/t15-,18+,19+,20+,21?,22?,23+,25+,26+,27+,28-,29+,30-,31+/m0/s1. The van der Waals surface area contributed by atoms with E-state index < -0.39 is 65.5 Å². The second-order valence-electron chi connectivity index (χ2n) is 13.9. The summed E-state index contributed by atoms with van der Waals surface area (Å²) in [5.41, 5.74) is -1.89. The van der Waals surface area contributed by atoms with Crippen molar-refractivity contribution in [3.63, 3.8) is 0 Å². The van der Waals surface area contributed by atoms with Crippen molar-refractivity contribution in [1.29, 1.82) is 0 Å². The van der Waals surface area contributed by atoms with Crippen molar-refractivity contribution in [3.05, 3.63) is 11.6 Å². The summed E-state index contributed by atoms with van der Waals surface area (Å²) in [7, 11) is 1.41. The van der Waals surface area contributed by atoms with Crippen molar-refractivity contribution in [3.8, 4) is 0 Å². The Morgan fingerprint density at radius 3 is 2.48 bits per heavy atom. The molecule has 6 rings (SSSR count). The van der Waals surface area contributed by atoms with Crippen molar-refractivity contribution in [2.45, 2.75) is 126 Å². The fourth-order valence-electron chi connectivity index (χ4n) is 10.0. The molecule has 4 N–H and O–H groups in total. The van der Waals surface area contributed by atoms with Gasteiger partial charge in [0.1, 0.15) is 36.6 Å². The Morgan fingerprint density at radius 2 is 1.81 bits per heavy atom. The van der Waals surface area contributed by atoms with E-state index in [1.807, 2.05) is 0 Å². The van der Waals surface area contributed by atoms with Crippen LogP contribution in [0.5, 0.6) is 0 Å². The Kier molecular flexibility index (Phi) is 7.81. The molecule has 0 aromatic carbocycles. The van der Waals surface area contributed by atoms with Gasteiger partial charge in [0.2, 0.25) is 0 Å². The van der Waals surface area contributed by atoms with Crippen LogP contribution in [0.1, 0.15) is 72.1 Å². The third-order valence-electron chi connectivity index (χ3n) is 12.1. The number of esters is 2. The molecule has 0 aromatic heterocycles. The van der Waals surface area contributed by atoms with E-state index in [2.05, 4.69) is 6.92 Å². The van der Waals surface area contributed by atoms with E-state index >= 15 is 0 Å². The molecule has 4 saturated carbocycles. The molecular weight excluding hydrogens is 548 g/mol. The number of fused-ring (bicyclic) bond motifs is 5. The van der Waals surface area contributed by atoms with Gasteiger partial charge >= 0.3 is 11.9 Å². The lowest BCUT2D eigenvalue weighted by atomic mass is 9.45. The maximum Gasteiger partial charge on any atom is 0.331 e. The fraction of sp³-hybridized carbons (Fsp3) is 0.871. The molecule has 2 aliphatic heterocycles. The van der Waals surface area contributed by atoms with E-state index in [1.165, 1.54) is 14.0 Å². The van der Waals surface area contributed by atoms with Crippen molar-refractivity contribution in [2.24, 2.45) is 29.1 Å². The Labute approximate surface area is 246 Å². The average Bonchev–Trinajstić information content (AvgIpc) is 3.47. The third kappa shape index (κ3) is 4.49. The lowest BCUT2D eigenvalue weighted by Gasteiger charge is -2.64. The van der Waals surface area contributed by atoms with Crippen LogP contribution in [0, 0.1) is 29.1 Å². The highest BCUT2D eigenvalue weighted by atomic mass is 16.7. The molecule has 2 heterocycles. The van der Waals surface area contributed by atoms with E-state index in [1.54, 1.807) is 13.0 Å². The molecule has 0 aromatic rings. The summed E-state index contributed by atoms with van der Waals surface area (Å²) in [6, 6.07) is 0. The minimum atomic E-state index is -1.35. The molecular formula is C31H46O11. The summed E-state index contributed by atoms with van der Waals surface area (Å²) in [5.74, 6) is -1.52. The SMILES string of the molecule is CO[C@H]1[C@@H](O)[C@H](O[C@@H]2C[C@H]3CCC4C(CC[C@]5(C)[C@@H](C6=CC(=O)OC6)CC[C@]45O)[C@@]3(O)[C@H](OC(C)=O)C2)O[C@@H](C)[C@H]1O. The largest absolute Gasteiger partial charge is 0.459 e. The van der Waals surface area contributed by atoms with E-state index in [-0.39, 0.29) is 42.7 Å². The summed E-state index contributed by atoms with van der Waals surface area (Å²) < 4.78 is 28.4. The summed E-state index contributed by atoms with van der Waals surface area (Å²) in [4.78, 5) is 24.2. The van der Waals surface area contributed by atoms with Gasteiger partial charge in [-0.1, -0.05) is 6.92 Å². The Morgan fingerprint density at radius 1 is 1.05 bits per heavy atom. The summed E-state index contributed by atoms with van der Waals surface area (Å²) in [6.07, 6.45) is 0.134. The van der Waals surface area contributed by atoms with Crippen molar-refractivity contribution in [1.82, 2.24) is 0 Å². The van der Waals surface area contributed by atoms with Crippen LogP contribution >= 0.6 is 0 Å². The monoisotopic (exact) mass is 594 g/mol. The number of carbonyl (C=O) groups is 2. The number of cyclic esters (lactones) is 1. The maximum atomic E-state index is 12.6. The number of ether oxygens (including phenoxy) is 5. The molecule has 236 valence electrons. The van der Waals surface area contributed by atoms with Gasteiger partial charge in [0.15, 0.2) is 6.29 Å². The summed E-state index contributed by atoms with van der Waals surface area (Å²) in [5, 5.41) is 46.2. The van der Waals surface area contributed by atoms with E-state index in [4.69, 9.17) is 23.7 Å². The zero-order valence-corrected chi connectivity index (χ0v) is 24.9. The van der Waals surface area contributed by atoms with Crippen LogP contribution < -0.4 is 0 Å². The van der Waals surface area contributed by atoms with Crippen LogP contribution in [0.2, 0.25) is 0 Å². The van der Waals surface area contributed by atoms with Gasteiger partial charge in [-0.05, 0) is 81.1 Å². The molecule has 11 heteroatoms. The topological polar surface area (TPSA) is 161 Å². The van der Waals surface area contributed by atoms with Gasteiger partial charge in [-0.15, -0.1) is 0 Å². The van der Waals surface area contributed by atoms with Gasteiger partial charge in [0.05, 0.1) is 17.8 Å². The number of aliphatic hydroxyl groups excluding tert-OH is 2. The van der Waals surface area contributed by atoms with Crippen molar-refractivity contribution < 1.29 is 53.7 Å². The zero-order chi connectivity index (χ0) is 30.2. The molecule has 14 atom stereocenters. The molecule has 4 aliphatic carbocycles. The second-order valence-corrected chi connectivity index (χ2v) is 13.9. The predicted molar refractivity (Wildman–Crippen MR) is 146 cm³/mol. The second kappa shape index (κ2) is 10.8. The molecule has 11 nitrogen and oxygen atoms in total. The van der Waals surface area contributed by atoms with Crippen molar-refractivity contribution in [2.75, 3.05) is 13.7 Å². The van der Waals surface area contributed by atoms with Gasteiger partial charge in [-0.2, -0.15) is 0 Å². The van der Waals surface area contributed by atoms with Crippen LogP contribution in [0.4, 0.5) is 0 Å². The van der Waals surface area contributed by atoms with Gasteiger partial charge in [0.25, 0.3) is 0 Å². The minimum absolute atomic E-state index is 0.0365. The molecule has 0 amide bonds. The molecule has 2 unspecified atom stereocenters. The Hall–Kier alpha value is -1.60. The van der Waals surface area contributed by atoms with E-state index in [0.29, 0.717) is 38.5 Å². The molecule has 6 aliphatic rings. The summed E-state index contributed by atoms with van der Waals surface area (Å²) >= 11 is 0. The number of carbonyl (C=O) groups excluding carboxylic acids is 2. The molecule has 0 spiro atoms. The van der Waals surface area contributed by atoms with Gasteiger partial charge in [-0.3, -0.25) is 4.79 Å². The first-order chi connectivity index (χ1) is 19.8. The average molecular weight is 595 g/mol. The predicted octanol–water partition coefficient (Wildman–Crippen LogP) is 1.38. The van der Waals surface area contributed by atoms with Gasteiger partial charge < -0.3 is 44.1 Å². The van der Waals surface area contributed by atoms with Crippen LogP contribution in [-0.4, -0.2) is 100 Å². The highest BCUT2D eigenvalue weighted by Gasteiger charge is 2.70. The van der Waals surface area contributed by atoms with Crippen LogP contribution in [0.3, 0.4) is 0 Å². The molecule has 0 radical (unpaired) electrons. The van der Waals surface area contributed by atoms with Gasteiger partial charge in [-0.25, -0.2) is 4.79 Å². The minimum Gasteiger partial charge on any atom is -0.459 e. The maximum absolute atomic E-state index is 12.6. The first-order valence-corrected chi connectivity index (χ1v) is 15.5. The molecule has 1 saturated heterocycles. The first kappa shape index (κ1) is 30.4. The fourth-order valence-corrected chi connectivity index (χ4v) is 10.0. The normalized spacial score (nSPS) is 52.0. The lowest BCUT2D eigenvalue weighted by molar-refractivity contribution is -0.323. The number of aliphatic hydroxyl groups is 4. The summed E-state index contributed by atoms with van der Waals surface area (Å²) in [6.45, 7) is 5.41. The van der Waals surface area contributed by atoms with Crippen LogP contribution in [0.25, 0.3) is 0 Å². The van der Waals surface area contributed by atoms with E-state index in [9.17, 15) is 30.0 Å². The highest BCUT2D eigenvalue weighted by molar-refractivity contribution is 5.85. The Bertz CT molecular complexity index is 1110. The van der Waals surface area contributed by atoms with Crippen LogP contribution in [-0.2, 0) is 33.3 Å². The molecule has 42 heavy (non-hydrogen) atoms. The number of hydrogen-bond donors (Lipinski definition) is 4. The van der Waals surface area contributed by atoms with Gasteiger partial charge in [0, 0.05) is 31.9 Å².